The van der Waals surface area contributed by atoms with Crippen LogP contribution in [0.15, 0.2) is 140 Å². The van der Waals surface area contributed by atoms with Crippen LogP contribution in [-0.2, 0) is 5.54 Å². The van der Waals surface area contributed by atoms with Crippen molar-refractivity contribution in [2.75, 3.05) is 0 Å². The van der Waals surface area contributed by atoms with E-state index in [1.165, 1.54) is 38.1 Å². The number of fused-ring (bicyclic) bond motifs is 6. The standard InChI is InChI=1S/C40H29N3/c1-40(2,43-38-17-9-5-13-34(38)35-14-6-10-18-39(35)43)30-21-19-28(20-22-30)29-23-27(26-41)24-31(25-29)42-36-15-7-3-11-32(36)33-12-4-8-16-37(33)42/h3-25H,1-2H3. The van der Waals surface area contributed by atoms with Gasteiger partial charge in [0.2, 0.25) is 0 Å². The van der Waals surface area contributed by atoms with Gasteiger partial charge in [-0.3, -0.25) is 0 Å². The molecule has 0 N–H and O–H groups in total. The zero-order chi connectivity index (χ0) is 29.1. The summed E-state index contributed by atoms with van der Waals surface area (Å²) in [5.74, 6) is 0. The fourth-order valence-electron chi connectivity index (χ4n) is 6.90. The SMILES string of the molecule is CC(C)(c1ccc(-c2cc(C#N)cc(-n3c4ccccc4c4ccccc43)c2)cc1)n1c2ccccc2c2ccccc21. The molecule has 0 aliphatic heterocycles. The summed E-state index contributed by atoms with van der Waals surface area (Å²) in [5.41, 5.74) is 9.40. The molecule has 2 heterocycles. The quantitative estimate of drug-likeness (QED) is 0.214. The predicted octanol–water partition coefficient (Wildman–Crippen LogP) is 10.2. The number of hydrogen-bond acceptors (Lipinski definition) is 1. The molecular weight excluding hydrogens is 522 g/mol. The molecule has 43 heavy (non-hydrogen) atoms. The monoisotopic (exact) mass is 551 g/mol. The lowest BCUT2D eigenvalue weighted by Crippen LogP contribution is -2.27. The Labute approximate surface area is 250 Å². The fourth-order valence-corrected chi connectivity index (χ4v) is 6.90. The number of para-hydroxylation sites is 4. The minimum absolute atomic E-state index is 0.288. The van der Waals surface area contributed by atoms with Crippen LogP contribution in [0.2, 0.25) is 0 Å². The van der Waals surface area contributed by atoms with Crippen LogP contribution >= 0.6 is 0 Å². The lowest BCUT2D eigenvalue weighted by atomic mass is 9.91. The Morgan fingerprint density at radius 3 is 1.49 bits per heavy atom. The van der Waals surface area contributed by atoms with Crippen molar-refractivity contribution in [1.82, 2.24) is 9.13 Å². The van der Waals surface area contributed by atoms with Gasteiger partial charge in [0.1, 0.15) is 0 Å². The molecule has 8 rings (SSSR count). The number of nitrogens with zero attached hydrogens (tertiary/aromatic N) is 3. The second-order valence-corrected chi connectivity index (χ2v) is 11.8. The van der Waals surface area contributed by atoms with Gasteiger partial charge in [-0.1, -0.05) is 97.1 Å². The van der Waals surface area contributed by atoms with Gasteiger partial charge in [-0.15, -0.1) is 0 Å². The highest BCUT2D eigenvalue weighted by Crippen LogP contribution is 2.38. The zero-order valence-corrected chi connectivity index (χ0v) is 24.1. The minimum Gasteiger partial charge on any atom is -0.331 e. The van der Waals surface area contributed by atoms with Gasteiger partial charge in [0.15, 0.2) is 0 Å². The van der Waals surface area contributed by atoms with Gasteiger partial charge in [0.05, 0.1) is 28.2 Å². The first-order valence-electron chi connectivity index (χ1n) is 14.7. The molecule has 3 nitrogen and oxygen atoms in total. The Kier molecular flexibility index (Phi) is 5.54. The first kappa shape index (κ1) is 25.1. The maximum absolute atomic E-state index is 10.0. The van der Waals surface area contributed by atoms with Crippen molar-refractivity contribution in [3.05, 3.63) is 151 Å². The lowest BCUT2D eigenvalue weighted by Gasteiger charge is -2.30. The van der Waals surface area contributed by atoms with Gasteiger partial charge < -0.3 is 9.13 Å². The maximum Gasteiger partial charge on any atom is 0.0992 e. The summed E-state index contributed by atoms with van der Waals surface area (Å²) in [6.07, 6.45) is 0. The van der Waals surface area contributed by atoms with E-state index in [9.17, 15) is 5.26 Å². The average Bonchev–Trinajstić information content (AvgIpc) is 3.58. The van der Waals surface area contributed by atoms with Crippen LogP contribution in [0, 0.1) is 11.3 Å². The highest BCUT2D eigenvalue weighted by molar-refractivity contribution is 6.09. The number of hydrogen-bond donors (Lipinski definition) is 0. The van der Waals surface area contributed by atoms with Crippen molar-refractivity contribution in [3.8, 4) is 22.9 Å². The normalized spacial score (nSPS) is 11.9. The van der Waals surface area contributed by atoms with Crippen LogP contribution in [0.4, 0.5) is 0 Å². The third-order valence-electron chi connectivity index (χ3n) is 8.95. The lowest BCUT2D eigenvalue weighted by molar-refractivity contribution is 0.465. The minimum atomic E-state index is -0.288. The van der Waals surface area contributed by atoms with Crippen molar-refractivity contribution in [2.45, 2.75) is 19.4 Å². The zero-order valence-electron chi connectivity index (χ0n) is 24.1. The molecule has 0 aliphatic rings. The summed E-state index contributed by atoms with van der Waals surface area (Å²) in [4.78, 5) is 0. The second kappa shape index (κ2) is 9.48. The van der Waals surface area contributed by atoms with E-state index in [1.807, 2.05) is 12.1 Å². The molecule has 8 aromatic rings. The third-order valence-corrected chi connectivity index (χ3v) is 8.95. The van der Waals surface area contributed by atoms with Gasteiger partial charge >= 0.3 is 0 Å². The average molecular weight is 552 g/mol. The Balaban J connectivity index is 1.25. The molecule has 0 bridgehead atoms. The smallest absolute Gasteiger partial charge is 0.0992 e. The second-order valence-electron chi connectivity index (χ2n) is 11.8. The molecule has 0 fully saturated rings. The van der Waals surface area contributed by atoms with Crippen molar-refractivity contribution in [2.24, 2.45) is 0 Å². The molecule has 0 spiro atoms. The fraction of sp³-hybridized carbons (Fsp3) is 0.0750. The van der Waals surface area contributed by atoms with Crippen LogP contribution in [0.1, 0.15) is 25.0 Å². The number of aromatic nitrogens is 2. The van der Waals surface area contributed by atoms with Crippen molar-refractivity contribution < 1.29 is 0 Å². The van der Waals surface area contributed by atoms with Gasteiger partial charge in [-0.05, 0) is 73.0 Å². The first-order chi connectivity index (χ1) is 21.0. The summed E-state index contributed by atoms with van der Waals surface area (Å²) in [5, 5.41) is 15.0. The first-order valence-corrected chi connectivity index (χ1v) is 14.7. The topological polar surface area (TPSA) is 33.6 Å². The molecule has 0 unspecified atom stereocenters. The van der Waals surface area contributed by atoms with E-state index < -0.39 is 0 Å². The van der Waals surface area contributed by atoms with Crippen LogP contribution in [0.3, 0.4) is 0 Å². The highest BCUT2D eigenvalue weighted by Gasteiger charge is 2.27. The van der Waals surface area contributed by atoms with Crippen molar-refractivity contribution in [3.63, 3.8) is 0 Å². The highest BCUT2D eigenvalue weighted by atomic mass is 15.1. The van der Waals surface area contributed by atoms with Crippen LogP contribution in [0.25, 0.3) is 60.4 Å². The molecule has 0 saturated heterocycles. The predicted molar refractivity (Wildman–Crippen MR) is 179 cm³/mol. The number of rotatable bonds is 4. The third kappa shape index (κ3) is 3.81. The molecule has 6 aromatic carbocycles. The Hall–Kier alpha value is -5.59. The Morgan fingerprint density at radius 1 is 0.512 bits per heavy atom. The van der Waals surface area contributed by atoms with E-state index in [4.69, 9.17) is 0 Å². The molecule has 2 aromatic heterocycles. The number of nitriles is 1. The largest absolute Gasteiger partial charge is 0.331 e. The molecule has 0 saturated carbocycles. The molecule has 3 heteroatoms. The van der Waals surface area contributed by atoms with E-state index in [0.717, 1.165) is 27.8 Å². The van der Waals surface area contributed by atoms with Crippen LogP contribution in [-0.4, -0.2) is 9.13 Å². The van der Waals surface area contributed by atoms with Crippen LogP contribution in [0.5, 0.6) is 0 Å². The van der Waals surface area contributed by atoms with E-state index >= 15 is 0 Å². The number of benzene rings is 6. The van der Waals surface area contributed by atoms with Gasteiger partial charge in [0, 0.05) is 38.3 Å². The molecule has 204 valence electrons. The maximum atomic E-state index is 10.0. The summed E-state index contributed by atoms with van der Waals surface area (Å²) < 4.78 is 4.73. The molecule has 0 radical (unpaired) electrons. The summed E-state index contributed by atoms with van der Waals surface area (Å²) in [6.45, 7) is 4.58. The van der Waals surface area contributed by atoms with E-state index in [-0.39, 0.29) is 5.54 Å². The van der Waals surface area contributed by atoms with Crippen molar-refractivity contribution in [1.29, 1.82) is 5.26 Å². The Bertz CT molecular complexity index is 2270. The Morgan fingerprint density at radius 2 is 0.977 bits per heavy atom. The van der Waals surface area contributed by atoms with Crippen LogP contribution < -0.4 is 0 Å². The molecule has 0 aliphatic carbocycles. The van der Waals surface area contributed by atoms with Gasteiger partial charge in [-0.25, -0.2) is 0 Å². The van der Waals surface area contributed by atoms with E-state index in [2.05, 4.69) is 156 Å². The van der Waals surface area contributed by atoms with Gasteiger partial charge in [-0.2, -0.15) is 5.26 Å². The summed E-state index contributed by atoms with van der Waals surface area (Å²) in [6, 6.07) is 51.7. The molecular formula is C40H29N3. The van der Waals surface area contributed by atoms with Gasteiger partial charge in [0.25, 0.3) is 0 Å². The van der Waals surface area contributed by atoms with E-state index in [1.54, 1.807) is 0 Å². The van der Waals surface area contributed by atoms with Crippen molar-refractivity contribution >= 4 is 43.6 Å². The molecule has 0 atom stereocenters. The molecule has 0 amide bonds. The summed E-state index contributed by atoms with van der Waals surface area (Å²) >= 11 is 0. The van der Waals surface area contributed by atoms with E-state index in [0.29, 0.717) is 5.56 Å². The summed E-state index contributed by atoms with van der Waals surface area (Å²) in [7, 11) is 0.